The second kappa shape index (κ2) is 6.45. The lowest BCUT2D eigenvalue weighted by molar-refractivity contribution is -0.627. The highest BCUT2D eigenvalue weighted by Gasteiger charge is 2.18. The third kappa shape index (κ3) is 2.78. The molecule has 0 atom stereocenters. The number of aromatic nitrogens is 1. The molecule has 6 nitrogen and oxygen atoms in total. The molecular weight excluding hydrogens is 324 g/mol. The first-order valence-corrected chi connectivity index (χ1v) is 8.07. The number of rotatable bonds is 2. The van der Waals surface area contributed by atoms with E-state index in [0.717, 1.165) is 27.6 Å². The van der Waals surface area contributed by atoms with Crippen molar-refractivity contribution in [3.05, 3.63) is 36.4 Å². The fourth-order valence-corrected chi connectivity index (χ4v) is 3.49. The normalized spacial score (nSPS) is 13.2. The van der Waals surface area contributed by atoms with Gasteiger partial charge in [0.15, 0.2) is 5.69 Å². The summed E-state index contributed by atoms with van der Waals surface area (Å²) in [6.07, 6.45) is 0. The maximum absolute atomic E-state index is 10.1. The standard InChI is InChI=1S/C16H14N4O2S.CH4/c1-20-12-4-2-3-5-15(12)23-16(20)19-18-10-9-14-11(8-13(10)21)17-6-7-22-14;/h2-5,8-9H,6-7H2,1H3,(H,17,21);1H4/p+1. The van der Waals surface area contributed by atoms with E-state index in [2.05, 4.69) is 21.6 Å². The molecule has 0 spiro atoms. The molecule has 124 valence electrons. The zero-order valence-corrected chi connectivity index (χ0v) is 13.3. The number of nitrogens with one attached hydrogen (secondary N) is 1. The number of para-hydroxylation sites is 1. The Bertz CT molecular complexity index is 920. The van der Waals surface area contributed by atoms with Crippen molar-refractivity contribution in [2.24, 2.45) is 17.3 Å². The van der Waals surface area contributed by atoms with Gasteiger partial charge in [-0.25, -0.2) is 4.57 Å². The first kappa shape index (κ1) is 16.2. The lowest BCUT2D eigenvalue weighted by Gasteiger charge is -2.19. The van der Waals surface area contributed by atoms with E-state index in [9.17, 15) is 5.11 Å². The fourth-order valence-electron chi connectivity index (χ4n) is 2.52. The van der Waals surface area contributed by atoms with E-state index in [4.69, 9.17) is 4.74 Å². The van der Waals surface area contributed by atoms with Crippen molar-refractivity contribution in [1.82, 2.24) is 0 Å². The smallest absolute Gasteiger partial charge is 0.409 e. The van der Waals surface area contributed by atoms with Crippen LogP contribution >= 0.6 is 11.3 Å². The summed E-state index contributed by atoms with van der Waals surface area (Å²) < 4.78 is 8.69. The van der Waals surface area contributed by atoms with Crippen LogP contribution < -0.4 is 14.6 Å². The molecule has 0 amide bonds. The lowest BCUT2D eigenvalue weighted by Crippen LogP contribution is -2.25. The Balaban J connectivity index is 0.00000169. The molecule has 7 heteroatoms. The van der Waals surface area contributed by atoms with Gasteiger partial charge in [0.2, 0.25) is 0 Å². The van der Waals surface area contributed by atoms with Gasteiger partial charge in [-0.1, -0.05) is 19.6 Å². The quantitative estimate of drug-likeness (QED) is 0.539. The third-order valence-corrected chi connectivity index (χ3v) is 4.81. The van der Waals surface area contributed by atoms with Gasteiger partial charge in [-0.2, -0.15) is 0 Å². The predicted molar refractivity (Wildman–Crippen MR) is 96.0 cm³/mol. The minimum absolute atomic E-state index is 0. The molecule has 1 aromatic heterocycles. The van der Waals surface area contributed by atoms with Crippen molar-refractivity contribution in [3.8, 4) is 11.5 Å². The molecule has 24 heavy (non-hydrogen) atoms. The summed E-state index contributed by atoms with van der Waals surface area (Å²) in [4.78, 5) is 0. The highest BCUT2D eigenvalue weighted by Crippen LogP contribution is 2.39. The van der Waals surface area contributed by atoms with Gasteiger partial charge in [-0.3, -0.25) is 0 Å². The van der Waals surface area contributed by atoms with E-state index in [-0.39, 0.29) is 13.2 Å². The van der Waals surface area contributed by atoms with Gasteiger partial charge < -0.3 is 15.2 Å². The Kier molecular flexibility index (Phi) is 4.35. The van der Waals surface area contributed by atoms with Crippen molar-refractivity contribution in [3.63, 3.8) is 0 Å². The topological polar surface area (TPSA) is 70.1 Å². The van der Waals surface area contributed by atoms with E-state index in [1.54, 1.807) is 23.5 Å². The molecular formula is C17H19N4O2S+. The van der Waals surface area contributed by atoms with E-state index in [1.165, 1.54) is 0 Å². The average molecular weight is 343 g/mol. The number of hydrogen-bond acceptors (Lipinski definition) is 6. The van der Waals surface area contributed by atoms with E-state index < -0.39 is 0 Å². The Morgan fingerprint density at radius 1 is 1.25 bits per heavy atom. The first-order valence-electron chi connectivity index (χ1n) is 7.25. The maximum atomic E-state index is 10.1. The van der Waals surface area contributed by atoms with Crippen molar-refractivity contribution >= 4 is 38.1 Å². The summed E-state index contributed by atoms with van der Waals surface area (Å²) in [6, 6.07) is 11.4. The zero-order chi connectivity index (χ0) is 15.8. The van der Waals surface area contributed by atoms with Gasteiger partial charge >= 0.3 is 5.13 Å². The Morgan fingerprint density at radius 2 is 2.08 bits per heavy atom. The van der Waals surface area contributed by atoms with Gasteiger partial charge in [0.05, 0.1) is 22.5 Å². The number of benzene rings is 2. The fraction of sp³-hybridized carbons (Fsp3) is 0.235. The summed E-state index contributed by atoms with van der Waals surface area (Å²) in [5.41, 5.74) is 2.28. The number of nitrogens with zero attached hydrogens (tertiary/aromatic N) is 3. The number of azo groups is 1. The van der Waals surface area contributed by atoms with Gasteiger partial charge in [-0.05, 0) is 28.6 Å². The molecule has 2 N–H and O–H groups in total. The van der Waals surface area contributed by atoms with E-state index in [0.29, 0.717) is 18.0 Å². The molecule has 1 aliphatic rings. The Labute approximate surface area is 144 Å². The third-order valence-electron chi connectivity index (χ3n) is 3.71. The predicted octanol–water partition coefficient (Wildman–Crippen LogP) is 4.29. The molecule has 0 bridgehead atoms. The number of aromatic hydroxyl groups is 1. The van der Waals surface area contributed by atoms with Crippen LogP contribution in [0.25, 0.3) is 10.2 Å². The van der Waals surface area contributed by atoms with Crippen molar-refractivity contribution in [2.75, 3.05) is 18.5 Å². The van der Waals surface area contributed by atoms with Gasteiger partial charge in [0, 0.05) is 18.7 Å². The summed E-state index contributed by atoms with van der Waals surface area (Å²) >= 11 is 1.56. The lowest BCUT2D eigenvalue weighted by atomic mass is 10.2. The maximum Gasteiger partial charge on any atom is 0.409 e. The van der Waals surface area contributed by atoms with Crippen LogP contribution in [0.4, 0.5) is 16.5 Å². The van der Waals surface area contributed by atoms with Crippen LogP contribution in [0.2, 0.25) is 0 Å². The molecule has 4 rings (SSSR count). The second-order valence-corrected chi connectivity index (χ2v) is 6.23. The summed E-state index contributed by atoms with van der Waals surface area (Å²) in [5, 5.41) is 22.5. The number of phenols is 1. The molecule has 0 saturated carbocycles. The van der Waals surface area contributed by atoms with Gasteiger partial charge in [0.1, 0.15) is 23.6 Å². The molecule has 2 aromatic carbocycles. The largest absolute Gasteiger partial charge is 0.505 e. The van der Waals surface area contributed by atoms with Gasteiger partial charge in [-0.15, -0.1) is 0 Å². The number of phenolic OH excluding ortho intramolecular Hbond substituents is 1. The molecule has 3 aromatic rings. The molecule has 0 aliphatic carbocycles. The summed E-state index contributed by atoms with van der Waals surface area (Å²) in [6.45, 7) is 1.32. The molecule has 0 saturated heterocycles. The number of aryl methyl sites for hydroxylation is 1. The first-order chi connectivity index (χ1) is 11.2. The van der Waals surface area contributed by atoms with Crippen LogP contribution in [0.5, 0.6) is 11.5 Å². The highest BCUT2D eigenvalue weighted by molar-refractivity contribution is 7.21. The number of ether oxygens (including phenoxy) is 1. The summed E-state index contributed by atoms with van der Waals surface area (Å²) in [7, 11) is 1.95. The number of hydrogen-bond donors (Lipinski definition) is 2. The SMILES string of the molecule is C.C[n+]1c(N=Nc2cc3c(cc2O)NCCO3)sc2ccccc21. The van der Waals surface area contributed by atoms with Crippen LogP contribution in [0, 0.1) is 0 Å². The van der Waals surface area contributed by atoms with Crippen LogP contribution in [0.3, 0.4) is 0 Å². The monoisotopic (exact) mass is 343 g/mol. The van der Waals surface area contributed by atoms with Gasteiger partial charge in [0.25, 0.3) is 0 Å². The van der Waals surface area contributed by atoms with E-state index >= 15 is 0 Å². The second-order valence-electron chi connectivity index (χ2n) is 5.22. The molecule has 2 heterocycles. The van der Waals surface area contributed by atoms with Crippen molar-refractivity contribution in [2.45, 2.75) is 7.43 Å². The molecule has 0 unspecified atom stereocenters. The molecule has 0 fully saturated rings. The number of anilines is 1. The van der Waals surface area contributed by atoms with Crippen LogP contribution in [-0.4, -0.2) is 18.3 Å². The Morgan fingerprint density at radius 3 is 2.92 bits per heavy atom. The summed E-state index contributed by atoms with van der Waals surface area (Å²) in [5.74, 6) is 0.762. The number of thiazole rings is 1. The zero-order valence-electron chi connectivity index (χ0n) is 12.5. The van der Waals surface area contributed by atoms with Crippen molar-refractivity contribution < 1.29 is 14.4 Å². The van der Waals surface area contributed by atoms with E-state index in [1.807, 2.05) is 29.8 Å². The van der Waals surface area contributed by atoms with Crippen LogP contribution in [-0.2, 0) is 7.05 Å². The van der Waals surface area contributed by atoms with Crippen LogP contribution in [0.1, 0.15) is 7.43 Å². The Hall–Kier alpha value is -2.67. The highest BCUT2D eigenvalue weighted by atomic mass is 32.1. The van der Waals surface area contributed by atoms with Crippen LogP contribution in [0.15, 0.2) is 46.6 Å². The number of fused-ring (bicyclic) bond motifs is 2. The molecule has 0 radical (unpaired) electrons. The minimum atomic E-state index is 0. The minimum Gasteiger partial charge on any atom is -0.505 e. The van der Waals surface area contributed by atoms with Crippen molar-refractivity contribution in [1.29, 1.82) is 0 Å². The molecule has 1 aliphatic heterocycles. The average Bonchev–Trinajstić information content (AvgIpc) is 2.89.